The first-order valence-corrected chi connectivity index (χ1v) is 10.1. The van der Waals surface area contributed by atoms with Crippen molar-refractivity contribution >= 4 is 17.7 Å². The molecule has 0 unspecified atom stereocenters. The lowest BCUT2D eigenvalue weighted by molar-refractivity contribution is -0.157. The van der Waals surface area contributed by atoms with Crippen molar-refractivity contribution in [3.05, 3.63) is 70.8 Å². The number of amides is 3. The molecule has 8 heteroatoms. The molecule has 0 saturated carbocycles. The Labute approximate surface area is 179 Å². The first-order chi connectivity index (χ1) is 14.7. The molecule has 3 amide bonds. The molecule has 1 aliphatic rings. The predicted molar refractivity (Wildman–Crippen MR) is 111 cm³/mol. The number of halogens is 2. The Morgan fingerprint density at radius 2 is 1.68 bits per heavy atom. The Morgan fingerprint density at radius 3 is 2.35 bits per heavy atom. The van der Waals surface area contributed by atoms with E-state index in [4.69, 9.17) is 0 Å². The third-order valence-corrected chi connectivity index (χ3v) is 5.30. The van der Waals surface area contributed by atoms with Crippen molar-refractivity contribution < 1.29 is 23.2 Å². The Kier molecular flexibility index (Phi) is 6.99. The van der Waals surface area contributed by atoms with Gasteiger partial charge in [-0.05, 0) is 18.6 Å². The van der Waals surface area contributed by atoms with Crippen LogP contribution in [0, 0.1) is 24.5 Å². The van der Waals surface area contributed by atoms with Crippen LogP contribution in [0.3, 0.4) is 0 Å². The predicted octanol–water partition coefficient (Wildman–Crippen LogP) is 2.40. The summed E-state index contributed by atoms with van der Waals surface area (Å²) in [5, 5.41) is 2.59. The molecule has 1 saturated heterocycles. The van der Waals surface area contributed by atoms with Gasteiger partial charge in [0.1, 0.15) is 11.6 Å². The summed E-state index contributed by atoms with van der Waals surface area (Å²) < 4.78 is 26.7. The first kappa shape index (κ1) is 22.4. The number of nitrogens with one attached hydrogen (secondary N) is 1. The molecule has 0 spiro atoms. The minimum atomic E-state index is -0.738. The molecule has 0 aromatic heterocycles. The Hall–Kier alpha value is -3.29. The van der Waals surface area contributed by atoms with Crippen LogP contribution in [-0.2, 0) is 27.5 Å². The van der Waals surface area contributed by atoms with Crippen LogP contribution in [-0.4, -0.2) is 47.2 Å². The van der Waals surface area contributed by atoms with Gasteiger partial charge in [0.05, 0.1) is 5.92 Å². The largest absolute Gasteiger partial charge is 0.352 e. The van der Waals surface area contributed by atoms with Gasteiger partial charge in [0.25, 0.3) is 0 Å². The molecule has 31 heavy (non-hydrogen) atoms. The van der Waals surface area contributed by atoms with E-state index in [9.17, 15) is 23.2 Å². The fourth-order valence-electron chi connectivity index (χ4n) is 3.39. The monoisotopic (exact) mass is 429 g/mol. The number of carbonyl (C=O) groups excluding carboxylic acids is 3. The van der Waals surface area contributed by atoms with Crippen molar-refractivity contribution in [2.45, 2.75) is 26.9 Å². The van der Waals surface area contributed by atoms with Crippen LogP contribution < -0.4 is 5.32 Å². The van der Waals surface area contributed by atoms with Gasteiger partial charge < -0.3 is 15.1 Å². The number of rotatable bonds is 7. The second-order valence-electron chi connectivity index (χ2n) is 7.82. The van der Waals surface area contributed by atoms with Crippen LogP contribution in [0.1, 0.15) is 23.6 Å². The molecule has 0 aliphatic carbocycles. The lowest BCUT2D eigenvalue weighted by Gasteiger charge is -2.34. The van der Waals surface area contributed by atoms with Gasteiger partial charge in [-0.15, -0.1) is 0 Å². The number of benzene rings is 2. The van der Waals surface area contributed by atoms with E-state index in [-0.39, 0.29) is 24.6 Å². The van der Waals surface area contributed by atoms with Gasteiger partial charge in [-0.25, -0.2) is 8.78 Å². The molecule has 0 bridgehead atoms. The van der Waals surface area contributed by atoms with Crippen molar-refractivity contribution in [1.29, 1.82) is 0 Å². The molecule has 1 heterocycles. The molecule has 0 radical (unpaired) electrons. The summed E-state index contributed by atoms with van der Waals surface area (Å²) >= 11 is 0. The SMILES string of the molecule is Cc1ccc(CN2CCN(C[C@@H](C)C(=O)NCc3ccc(F)cc3F)C(=O)C2=O)cc1. The molecule has 1 fully saturated rings. The van der Waals surface area contributed by atoms with E-state index in [0.717, 1.165) is 23.3 Å². The number of aryl methyl sites for hydroxylation is 1. The van der Waals surface area contributed by atoms with Gasteiger partial charge in [0.2, 0.25) is 5.91 Å². The minimum absolute atomic E-state index is 0.0840. The number of nitrogens with zero attached hydrogens (tertiary/aromatic N) is 2. The highest BCUT2D eigenvalue weighted by Gasteiger charge is 2.33. The summed E-state index contributed by atoms with van der Waals surface area (Å²) in [5.41, 5.74) is 2.23. The van der Waals surface area contributed by atoms with Crippen LogP contribution in [0.15, 0.2) is 42.5 Å². The highest BCUT2D eigenvalue weighted by Crippen LogP contribution is 2.14. The van der Waals surface area contributed by atoms with Gasteiger partial charge in [0.15, 0.2) is 0 Å². The van der Waals surface area contributed by atoms with E-state index < -0.39 is 29.4 Å². The summed E-state index contributed by atoms with van der Waals surface area (Å²) in [7, 11) is 0. The van der Waals surface area contributed by atoms with E-state index in [2.05, 4.69) is 5.32 Å². The van der Waals surface area contributed by atoms with Gasteiger partial charge in [-0.1, -0.05) is 42.8 Å². The van der Waals surface area contributed by atoms with E-state index in [1.165, 1.54) is 15.9 Å². The summed E-state index contributed by atoms with van der Waals surface area (Å²) in [6.45, 7) is 4.68. The van der Waals surface area contributed by atoms with E-state index in [0.29, 0.717) is 19.6 Å². The zero-order chi connectivity index (χ0) is 22.5. The van der Waals surface area contributed by atoms with E-state index in [1.807, 2.05) is 31.2 Å². The lowest BCUT2D eigenvalue weighted by atomic mass is 10.1. The van der Waals surface area contributed by atoms with Crippen LogP contribution >= 0.6 is 0 Å². The second kappa shape index (κ2) is 9.68. The summed E-state index contributed by atoms with van der Waals surface area (Å²) in [4.78, 5) is 40.2. The molecule has 164 valence electrons. The highest BCUT2D eigenvalue weighted by atomic mass is 19.1. The number of piperazine rings is 1. The first-order valence-electron chi connectivity index (χ1n) is 10.1. The van der Waals surface area contributed by atoms with Crippen molar-refractivity contribution in [3.8, 4) is 0 Å². The molecular weight excluding hydrogens is 404 g/mol. The smallest absolute Gasteiger partial charge is 0.312 e. The molecule has 1 aliphatic heterocycles. The lowest BCUT2D eigenvalue weighted by Crippen LogP contribution is -2.55. The molecule has 2 aromatic rings. The van der Waals surface area contributed by atoms with E-state index >= 15 is 0 Å². The Bertz CT molecular complexity index is 979. The van der Waals surface area contributed by atoms with Gasteiger partial charge in [-0.3, -0.25) is 14.4 Å². The van der Waals surface area contributed by atoms with E-state index in [1.54, 1.807) is 6.92 Å². The number of hydrogen-bond acceptors (Lipinski definition) is 3. The average Bonchev–Trinajstić information content (AvgIpc) is 2.74. The molecule has 6 nitrogen and oxygen atoms in total. The van der Waals surface area contributed by atoms with Crippen molar-refractivity contribution in [2.75, 3.05) is 19.6 Å². The fraction of sp³-hybridized carbons (Fsp3) is 0.348. The molecule has 1 atom stereocenters. The average molecular weight is 429 g/mol. The third-order valence-electron chi connectivity index (χ3n) is 5.30. The topological polar surface area (TPSA) is 69.7 Å². The zero-order valence-electron chi connectivity index (χ0n) is 17.5. The van der Waals surface area contributed by atoms with Gasteiger partial charge in [-0.2, -0.15) is 0 Å². The number of hydrogen-bond donors (Lipinski definition) is 1. The quantitative estimate of drug-likeness (QED) is 0.688. The number of carbonyl (C=O) groups is 3. The zero-order valence-corrected chi connectivity index (χ0v) is 17.5. The standard InChI is InChI=1S/C23H25F2N3O3/c1-15-3-5-17(6-4-15)14-28-10-9-27(22(30)23(28)31)13-16(2)21(29)26-12-18-7-8-19(24)11-20(18)25/h3-8,11,16H,9-10,12-14H2,1-2H3,(H,26,29)/t16-/m1/s1. The maximum absolute atomic E-state index is 13.7. The van der Waals surface area contributed by atoms with Gasteiger partial charge in [0, 0.05) is 44.4 Å². The Morgan fingerprint density at radius 1 is 1.03 bits per heavy atom. The Balaban J connectivity index is 1.51. The molecular formula is C23H25F2N3O3. The highest BCUT2D eigenvalue weighted by molar-refractivity contribution is 6.35. The molecule has 3 rings (SSSR count). The molecule has 1 N–H and O–H groups in total. The maximum atomic E-state index is 13.7. The van der Waals surface area contributed by atoms with Crippen molar-refractivity contribution in [1.82, 2.24) is 15.1 Å². The summed E-state index contributed by atoms with van der Waals surface area (Å²) in [6.07, 6.45) is 0. The fourth-order valence-corrected chi connectivity index (χ4v) is 3.39. The van der Waals surface area contributed by atoms with Crippen LogP contribution in [0.5, 0.6) is 0 Å². The normalized spacial score (nSPS) is 15.2. The van der Waals surface area contributed by atoms with Gasteiger partial charge >= 0.3 is 11.8 Å². The van der Waals surface area contributed by atoms with Crippen molar-refractivity contribution in [3.63, 3.8) is 0 Å². The van der Waals surface area contributed by atoms with Crippen LogP contribution in [0.4, 0.5) is 8.78 Å². The second-order valence-corrected chi connectivity index (χ2v) is 7.82. The van der Waals surface area contributed by atoms with Crippen molar-refractivity contribution in [2.24, 2.45) is 5.92 Å². The molecule has 2 aromatic carbocycles. The summed E-state index contributed by atoms with van der Waals surface area (Å²) in [5.74, 6) is -3.63. The van der Waals surface area contributed by atoms with Crippen LogP contribution in [0.25, 0.3) is 0 Å². The maximum Gasteiger partial charge on any atom is 0.312 e. The summed E-state index contributed by atoms with van der Waals surface area (Å²) in [6, 6.07) is 10.9. The van der Waals surface area contributed by atoms with Crippen LogP contribution in [0.2, 0.25) is 0 Å². The third kappa shape index (κ3) is 5.65. The minimum Gasteiger partial charge on any atom is -0.352 e.